The Balaban J connectivity index is 1.70. The maximum Gasteiger partial charge on any atom is 0.119 e. The van der Waals surface area contributed by atoms with Crippen LogP contribution in [0.5, 0.6) is 5.75 Å². The largest absolute Gasteiger partial charge is 0.497 e. The van der Waals surface area contributed by atoms with Gasteiger partial charge >= 0.3 is 0 Å². The van der Waals surface area contributed by atoms with E-state index < -0.39 is 0 Å². The zero-order valence-electron chi connectivity index (χ0n) is 13.1. The number of rotatable bonds is 5. The quantitative estimate of drug-likeness (QED) is 0.661. The molecular formula is C20H21NO. The van der Waals surface area contributed by atoms with Gasteiger partial charge in [0, 0.05) is 11.1 Å². The highest BCUT2D eigenvalue weighted by molar-refractivity contribution is 5.78. The van der Waals surface area contributed by atoms with Crippen LogP contribution in [0.3, 0.4) is 0 Å². The lowest BCUT2D eigenvalue weighted by molar-refractivity contribution is 0.413. The summed E-state index contributed by atoms with van der Waals surface area (Å²) in [7, 11) is 1.71. The monoisotopic (exact) mass is 291 g/mol. The summed E-state index contributed by atoms with van der Waals surface area (Å²) in [5, 5.41) is 1.20. The molecule has 0 amide bonds. The zero-order valence-corrected chi connectivity index (χ0v) is 13.1. The van der Waals surface area contributed by atoms with Crippen LogP contribution in [0.1, 0.15) is 30.5 Å². The van der Waals surface area contributed by atoms with E-state index in [4.69, 9.17) is 9.72 Å². The third kappa shape index (κ3) is 3.28. The van der Waals surface area contributed by atoms with Gasteiger partial charge in [0.05, 0.1) is 12.6 Å². The second-order valence-corrected chi connectivity index (χ2v) is 5.71. The fraction of sp³-hybridized carbons (Fsp3) is 0.250. The van der Waals surface area contributed by atoms with E-state index >= 15 is 0 Å². The van der Waals surface area contributed by atoms with E-state index in [1.165, 1.54) is 10.9 Å². The summed E-state index contributed by atoms with van der Waals surface area (Å²) in [6, 6.07) is 20.9. The van der Waals surface area contributed by atoms with E-state index in [2.05, 4.69) is 55.5 Å². The van der Waals surface area contributed by atoms with E-state index in [9.17, 15) is 0 Å². The molecule has 1 atom stereocenters. The summed E-state index contributed by atoms with van der Waals surface area (Å²) in [5.74, 6) is 1.41. The average molecular weight is 291 g/mol. The molecule has 0 fully saturated rings. The van der Waals surface area contributed by atoms with Crippen LogP contribution < -0.4 is 4.74 Å². The molecular weight excluding hydrogens is 270 g/mol. The Morgan fingerprint density at radius 1 is 1.00 bits per heavy atom. The summed E-state index contributed by atoms with van der Waals surface area (Å²) in [6.45, 7) is 2.26. The lowest BCUT2D eigenvalue weighted by Crippen LogP contribution is -1.99. The van der Waals surface area contributed by atoms with Crippen molar-refractivity contribution < 1.29 is 4.74 Å². The van der Waals surface area contributed by atoms with Crippen molar-refractivity contribution in [2.24, 2.45) is 0 Å². The molecule has 0 saturated heterocycles. The molecule has 3 aromatic rings. The highest BCUT2D eigenvalue weighted by Crippen LogP contribution is 2.24. The van der Waals surface area contributed by atoms with E-state index in [1.807, 2.05) is 12.1 Å². The highest BCUT2D eigenvalue weighted by Gasteiger charge is 2.08. The number of fused-ring (bicyclic) bond motifs is 1. The summed E-state index contributed by atoms with van der Waals surface area (Å²) in [4.78, 5) is 4.75. The van der Waals surface area contributed by atoms with Crippen LogP contribution in [-0.4, -0.2) is 12.1 Å². The number of hydrogen-bond acceptors (Lipinski definition) is 2. The third-order valence-corrected chi connectivity index (χ3v) is 4.15. The molecule has 2 aromatic carbocycles. The van der Waals surface area contributed by atoms with Crippen LogP contribution in [-0.2, 0) is 6.42 Å². The van der Waals surface area contributed by atoms with Gasteiger partial charge in [-0.2, -0.15) is 0 Å². The SMILES string of the molecule is COc1cccc([C@@H](C)CCc2ccc3ccccc3n2)c1. The Labute approximate surface area is 131 Å². The first-order valence-electron chi connectivity index (χ1n) is 7.75. The van der Waals surface area contributed by atoms with Gasteiger partial charge in [-0.3, -0.25) is 4.98 Å². The van der Waals surface area contributed by atoms with Crippen LogP contribution >= 0.6 is 0 Å². The summed E-state index contributed by atoms with van der Waals surface area (Å²) >= 11 is 0. The average Bonchev–Trinajstić information content (AvgIpc) is 2.59. The lowest BCUT2D eigenvalue weighted by atomic mass is 9.95. The maximum atomic E-state index is 5.30. The summed E-state index contributed by atoms with van der Waals surface area (Å²) in [5.41, 5.74) is 3.56. The number of pyridine rings is 1. The normalized spacial score (nSPS) is 12.3. The zero-order chi connectivity index (χ0) is 15.4. The molecule has 1 aromatic heterocycles. The highest BCUT2D eigenvalue weighted by atomic mass is 16.5. The fourth-order valence-electron chi connectivity index (χ4n) is 2.73. The Morgan fingerprint density at radius 3 is 2.73 bits per heavy atom. The van der Waals surface area contributed by atoms with Gasteiger partial charge in [-0.05, 0) is 48.6 Å². The molecule has 1 heterocycles. The van der Waals surface area contributed by atoms with Crippen molar-refractivity contribution in [1.29, 1.82) is 0 Å². The Bertz CT molecular complexity index is 766. The van der Waals surface area contributed by atoms with Crippen LogP contribution in [0.15, 0.2) is 60.7 Å². The fourth-order valence-corrected chi connectivity index (χ4v) is 2.73. The van der Waals surface area contributed by atoms with Crippen molar-refractivity contribution in [2.75, 3.05) is 7.11 Å². The molecule has 2 heteroatoms. The number of methoxy groups -OCH3 is 1. The van der Waals surface area contributed by atoms with Gasteiger partial charge < -0.3 is 4.74 Å². The molecule has 2 nitrogen and oxygen atoms in total. The molecule has 22 heavy (non-hydrogen) atoms. The number of ether oxygens (including phenoxy) is 1. The van der Waals surface area contributed by atoms with E-state index in [0.717, 1.165) is 29.8 Å². The van der Waals surface area contributed by atoms with Crippen molar-refractivity contribution in [3.05, 3.63) is 71.9 Å². The first-order chi connectivity index (χ1) is 10.8. The number of aromatic nitrogens is 1. The predicted octanol–water partition coefficient (Wildman–Crippen LogP) is 4.98. The van der Waals surface area contributed by atoms with Crippen molar-refractivity contribution in [3.8, 4) is 5.75 Å². The van der Waals surface area contributed by atoms with Crippen LogP contribution in [0.2, 0.25) is 0 Å². The van der Waals surface area contributed by atoms with Crippen molar-refractivity contribution >= 4 is 10.9 Å². The Hall–Kier alpha value is -2.35. The minimum absolute atomic E-state index is 0.489. The van der Waals surface area contributed by atoms with Crippen molar-refractivity contribution in [2.45, 2.75) is 25.7 Å². The van der Waals surface area contributed by atoms with Crippen LogP contribution in [0.4, 0.5) is 0 Å². The first kappa shape index (κ1) is 14.6. The molecule has 0 aliphatic carbocycles. The Morgan fingerprint density at radius 2 is 1.86 bits per heavy atom. The molecule has 0 bridgehead atoms. The number of benzene rings is 2. The minimum atomic E-state index is 0.489. The van der Waals surface area contributed by atoms with Crippen molar-refractivity contribution in [3.63, 3.8) is 0 Å². The van der Waals surface area contributed by atoms with E-state index in [-0.39, 0.29) is 0 Å². The number of para-hydroxylation sites is 1. The number of hydrogen-bond donors (Lipinski definition) is 0. The van der Waals surface area contributed by atoms with Gasteiger partial charge in [-0.1, -0.05) is 43.3 Å². The first-order valence-corrected chi connectivity index (χ1v) is 7.75. The summed E-state index contributed by atoms with van der Waals surface area (Å²) < 4.78 is 5.30. The van der Waals surface area contributed by atoms with Gasteiger partial charge in [0.2, 0.25) is 0 Å². The van der Waals surface area contributed by atoms with Gasteiger partial charge in [0.25, 0.3) is 0 Å². The molecule has 0 spiro atoms. The third-order valence-electron chi connectivity index (χ3n) is 4.15. The molecule has 0 radical (unpaired) electrons. The molecule has 0 N–H and O–H groups in total. The second kappa shape index (κ2) is 6.61. The number of nitrogens with zero attached hydrogens (tertiary/aromatic N) is 1. The van der Waals surface area contributed by atoms with Gasteiger partial charge in [-0.15, -0.1) is 0 Å². The molecule has 3 rings (SSSR count). The minimum Gasteiger partial charge on any atom is -0.497 e. The van der Waals surface area contributed by atoms with Gasteiger partial charge in [-0.25, -0.2) is 0 Å². The standard InChI is InChI=1S/C20H21NO/c1-15(17-7-5-8-19(14-17)22-2)10-12-18-13-11-16-6-3-4-9-20(16)21-18/h3-9,11,13-15H,10,12H2,1-2H3/t15-/m0/s1. The predicted molar refractivity (Wildman–Crippen MR) is 91.5 cm³/mol. The molecule has 0 aliphatic rings. The van der Waals surface area contributed by atoms with Crippen LogP contribution in [0, 0.1) is 0 Å². The van der Waals surface area contributed by atoms with Crippen molar-refractivity contribution in [1.82, 2.24) is 4.98 Å². The molecule has 0 aliphatic heterocycles. The molecule has 0 saturated carbocycles. The lowest BCUT2D eigenvalue weighted by Gasteiger charge is -2.13. The number of aryl methyl sites for hydroxylation is 1. The molecule has 112 valence electrons. The van der Waals surface area contributed by atoms with E-state index in [0.29, 0.717) is 5.92 Å². The van der Waals surface area contributed by atoms with E-state index in [1.54, 1.807) is 7.11 Å². The Kier molecular flexibility index (Phi) is 4.38. The van der Waals surface area contributed by atoms with Crippen LogP contribution in [0.25, 0.3) is 10.9 Å². The maximum absolute atomic E-state index is 5.30. The van der Waals surface area contributed by atoms with Gasteiger partial charge in [0.1, 0.15) is 5.75 Å². The smallest absolute Gasteiger partial charge is 0.119 e. The second-order valence-electron chi connectivity index (χ2n) is 5.71. The summed E-state index contributed by atoms with van der Waals surface area (Å²) in [6.07, 6.45) is 2.07. The topological polar surface area (TPSA) is 22.1 Å². The van der Waals surface area contributed by atoms with Gasteiger partial charge in [0.15, 0.2) is 0 Å². The molecule has 0 unspecified atom stereocenters.